The first kappa shape index (κ1) is 20.3. The van der Waals surface area contributed by atoms with Gasteiger partial charge in [0.2, 0.25) is 0 Å². The molecule has 0 amide bonds. The minimum Gasteiger partial charge on any atom is -0.481 e. The fourth-order valence-electron chi connectivity index (χ4n) is 6.01. The summed E-state index contributed by atoms with van der Waals surface area (Å²) in [5.74, 6) is -4.37. The van der Waals surface area contributed by atoms with Gasteiger partial charge in [-0.1, -0.05) is 0 Å². The van der Waals surface area contributed by atoms with E-state index >= 15 is 0 Å². The Morgan fingerprint density at radius 2 is 0.931 bits per heavy atom. The number of rotatable bonds is 4. The van der Waals surface area contributed by atoms with Crippen LogP contribution in [0.1, 0.15) is 53.4 Å². The van der Waals surface area contributed by atoms with Gasteiger partial charge >= 0.3 is 23.9 Å². The van der Waals surface area contributed by atoms with Gasteiger partial charge in [0.15, 0.2) is 0 Å². The molecule has 0 saturated carbocycles. The SMILES string of the molecule is C[C@]1(C(=O)OC(=O)[C@@]2(C)[C@@H]3CC[C@@H](O3)[C@@]2(C)C(=O)O)[C@@H]2CC[C@@H](O2)[C@@]1(C)C(=O)O. The molecule has 160 valence electrons. The Kier molecular flexibility index (Phi) is 4.05. The number of carbonyl (C=O) groups is 4. The van der Waals surface area contributed by atoms with Crippen LogP contribution in [0, 0.1) is 21.7 Å². The van der Waals surface area contributed by atoms with Crippen LogP contribution in [0.15, 0.2) is 0 Å². The van der Waals surface area contributed by atoms with Crippen molar-refractivity contribution in [3.8, 4) is 0 Å². The van der Waals surface area contributed by atoms with Gasteiger partial charge in [-0.15, -0.1) is 0 Å². The Morgan fingerprint density at radius 3 is 1.21 bits per heavy atom. The molecule has 9 nitrogen and oxygen atoms in total. The number of aliphatic carboxylic acids is 2. The van der Waals surface area contributed by atoms with Gasteiger partial charge in [0.1, 0.15) is 21.7 Å². The van der Waals surface area contributed by atoms with E-state index in [4.69, 9.17) is 14.2 Å². The Labute approximate surface area is 167 Å². The molecule has 4 bridgehead atoms. The number of hydrogen-bond acceptors (Lipinski definition) is 7. The number of carbonyl (C=O) groups excluding carboxylic acids is 2. The van der Waals surface area contributed by atoms with Crippen molar-refractivity contribution in [3.63, 3.8) is 0 Å². The molecule has 0 aliphatic carbocycles. The zero-order chi connectivity index (χ0) is 21.6. The summed E-state index contributed by atoms with van der Waals surface area (Å²) >= 11 is 0. The molecule has 0 radical (unpaired) electrons. The van der Waals surface area contributed by atoms with E-state index in [0.717, 1.165) is 0 Å². The average Bonchev–Trinajstić information content (AvgIpc) is 3.40. The van der Waals surface area contributed by atoms with Crippen LogP contribution in [-0.2, 0) is 33.4 Å². The second-order valence-corrected chi connectivity index (χ2v) is 9.48. The monoisotopic (exact) mass is 410 g/mol. The van der Waals surface area contributed by atoms with Crippen LogP contribution in [0.5, 0.6) is 0 Å². The smallest absolute Gasteiger partial charge is 0.323 e. The molecule has 0 aromatic carbocycles. The van der Waals surface area contributed by atoms with Crippen molar-refractivity contribution < 1.29 is 43.6 Å². The Balaban J connectivity index is 1.66. The van der Waals surface area contributed by atoms with Crippen molar-refractivity contribution in [2.24, 2.45) is 21.7 Å². The molecule has 4 heterocycles. The summed E-state index contributed by atoms with van der Waals surface area (Å²) in [5.41, 5.74) is -6.22. The molecule has 4 aliphatic rings. The zero-order valence-electron chi connectivity index (χ0n) is 16.9. The number of fused-ring (bicyclic) bond motifs is 4. The van der Waals surface area contributed by atoms with Gasteiger partial charge in [-0.25, -0.2) is 0 Å². The van der Waals surface area contributed by atoms with Crippen LogP contribution in [0.25, 0.3) is 0 Å². The predicted octanol–water partition coefficient (Wildman–Crippen LogP) is 1.37. The quantitative estimate of drug-likeness (QED) is 0.520. The molecule has 0 aromatic heterocycles. The first-order valence-corrected chi connectivity index (χ1v) is 9.90. The average molecular weight is 410 g/mol. The lowest BCUT2D eigenvalue weighted by atomic mass is 9.57. The van der Waals surface area contributed by atoms with Gasteiger partial charge in [-0.05, 0) is 53.4 Å². The first-order chi connectivity index (χ1) is 13.4. The second kappa shape index (κ2) is 5.78. The molecule has 4 rings (SSSR count). The van der Waals surface area contributed by atoms with Crippen LogP contribution in [0.2, 0.25) is 0 Å². The van der Waals surface area contributed by atoms with Crippen LogP contribution >= 0.6 is 0 Å². The Morgan fingerprint density at radius 1 is 0.655 bits per heavy atom. The molecule has 29 heavy (non-hydrogen) atoms. The summed E-state index contributed by atoms with van der Waals surface area (Å²) in [5, 5.41) is 19.7. The molecule has 4 aliphatic heterocycles. The van der Waals surface area contributed by atoms with Crippen LogP contribution < -0.4 is 0 Å². The molecule has 0 aromatic rings. The second-order valence-electron chi connectivity index (χ2n) is 9.48. The van der Waals surface area contributed by atoms with E-state index in [1.54, 1.807) is 0 Å². The van der Waals surface area contributed by atoms with Gasteiger partial charge < -0.3 is 24.4 Å². The lowest BCUT2D eigenvalue weighted by Crippen LogP contribution is -2.59. The van der Waals surface area contributed by atoms with E-state index in [1.807, 2.05) is 0 Å². The molecule has 0 unspecified atom stereocenters. The lowest BCUT2D eigenvalue weighted by molar-refractivity contribution is -0.191. The largest absolute Gasteiger partial charge is 0.481 e. The summed E-state index contributed by atoms with van der Waals surface area (Å²) in [6, 6.07) is 0. The molecular formula is C20H26O9. The molecule has 4 saturated heterocycles. The standard InChI is InChI=1S/C20H26O9/c1-17(13(21)22)9-5-7-11(27-9)19(17,3)15(25)29-16(26)20(4)12-8-6-10(28-12)18(20,2)14(23)24/h9-12H,5-8H2,1-4H3,(H,21,22)(H,23,24)/t9-,10-,11+,12+,17+,18+,19-,20-/m1/s1. The third kappa shape index (κ3) is 2.02. The Hall–Kier alpha value is -2.00. The van der Waals surface area contributed by atoms with Crippen molar-refractivity contribution >= 4 is 23.9 Å². The van der Waals surface area contributed by atoms with E-state index in [9.17, 15) is 29.4 Å². The van der Waals surface area contributed by atoms with Gasteiger partial charge in [0.25, 0.3) is 0 Å². The van der Waals surface area contributed by atoms with Crippen molar-refractivity contribution in [2.75, 3.05) is 0 Å². The maximum absolute atomic E-state index is 13.2. The van der Waals surface area contributed by atoms with E-state index in [-0.39, 0.29) is 0 Å². The van der Waals surface area contributed by atoms with E-state index in [2.05, 4.69) is 0 Å². The highest BCUT2D eigenvalue weighted by Crippen LogP contribution is 2.62. The van der Waals surface area contributed by atoms with E-state index in [1.165, 1.54) is 27.7 Å². The lowest BCUT2D eigenvalue weighted by Gasteiger charge is -2.44. The van der Waals surface area contributed by atoms with Crippen molar-refractivity contribution in [1.82, 2.24) is 0 Å². The van der Waals surface area contributed by atoms with Gasteiger partial charge in [0.05, 0.1) is 24.4 Å². The highest BCUT2D eigenvalue weighted by Gasteiger charge is 2.75. The molecular weight excluding hydrogens is 384 g/mol. The predicted molar refractivity (Wildman–Crippen MR) is 94.6 cm³/mol. The maximum atomic E-state index is 13.2. The maximum Gasteiger partial charge on any atom is 0.323 e. The summed E-state index contributed by atoms with van der Waals surface area (Å²) in [7, 11) is 0. The third-order valence-electron chi connectivity index (χ3n) is 8.69. The molecule has 9 heteroatoms. The summed E-state index contributed by atoms with van der Waals surface area (Å²) in [6.45, 7) is 5.79. The summed E-state index contributed by atoms with van der Waals surface area (Å²) < 4.78 is 16.7. The first-order valence-electron chi connectivity index (χ1n) is 9.90. The number of carboxylic acids is 2. The number of carboxylic acid groups (broad SMARTS) is 2. The zero-order valence-corrected chi connectivity index (χ0v) is 16.9. The topological polar surface area (TPSA) is 136 Å². The highest BCUT2D eigenvalue weighted by molar-refractivity contribution is 5.98. The van der Waals surface area contributed by atoms with Gasteiger partial charge in [-0.3, -0.25) is 19.2 Å². The summed E-state index contributed by atoms with van der Waals surface area (Å²) in [4.78, 5) is 50.5. The van der Waals surface area contributed by atoms with Crippen molar-refractivity contribution in [1.29, 1.82) is 0 Å². The third-order valence-corrected chi connectivity index (χ3v) is 8.69. The van der Waals surface area contributed by atoms with E-state index < -0.39 is 70.0 Å². The number of esters is 2. The van der Waals surface area contributed by atoms with Gasteiger partial charge in [-0.2, -0.15) is 0 Å². The van der Waals surface area contributed by atoms with Gasteiger partial charge in [0, 0.05) is 0 Å². The fraction of sp³-hybridized carbons (Fsp3) is 0.800. The summed E-state index contributed by atoms with van der Waals surface area (Å²) in [6.07, 6.45) is -0.650. The fourth-order valence-corrected chi connectivity index (χ4v) is 6.01. The van der Waals surface area contributed by atoms with Crippen LogP contribution in [-0.4, -0.2) is 58.5 Å². The molecule has 4 fully saturated rings. The highest BCUT2D eigenvalue weighted by atomic mass is 16.6. The minimum absolute atomic E-state index is 0.491. The molecule has 2 N–H and O–H groups in total. The van der Waals surface area contributed by atoms with Crippen molar-refractivity contribution in [2.45, 2.75) is 77.8 Å². The number of hydrogen-bond donors (Lipinski definition) is 2. The van der Waals surface area contributed by atoms with Crippen LogP contribution in [0.4, 0.5) is 0 Å². The van der Waals surface area contributed by atoms with E-state index in [0.29, 0.717) is 25.7 Å². The normalized spacial score (nSPS) is 49.9. The molecule has 0 spiro atoms. The molecule has 8 atom stereocenters. The van der Waals surface area contributed by atoms with Crippen molar-refractivity contribution in [3.05, 3.63) is 0 Å². The Bertz CT molecular complexity index is 757. The van der Waals surface area contributed by atoms with Crippen LogP contribution in [0.3, 0.4) is 0 Å². The number of ether oxygens (including phenoxy) is 3. The minimum atomic E-state index is -1.56.